The van der Waals surface area contributed by atoms with Crippen LogP contribution in [0.15, 0.2) is 29.3 Å². The summed E-state index contributed by atoms with van der Waals surface area (Å²) in [7, 11) is 3.73. The molecule has 0 saturated carbocycles. The Labute approximate surface area is 106 Å². The third kappa shape index (κ3) is 4.74. The van der Waals surface area contributed by atoms with E-state index in [0.29, 0.717) is 10.7 Å². The van der Waals surface area contributed by atoms with Gasteiger partial charge in [0.1, 0.15) is 0 Å². The highest BCUT2D eigenvalue weighted by atomic mass is 32.1. The van der Waals surface area contributed by atoms with Crippen molar-refractivity contribution in [2.75, 3.05) is 19.4 Å². The highest BCUT2D eigenvalue weighted by molar-refractivity contribution is 7.80. The minimum atomic E-state index is 0.0244. The molecule has 4 nitrogen and oxygen atoms in total. The number of nitrogens with one attached hydrogen (secondary N) is 1. The van der Waals surface area contributed by atoms with Gasteiger partial charge < -0.3 is 10.2 Å². The van der Waals surface area contributed by atoms with E-state index in [1.54, 1.807) is 29.4 Å². The van der Waals surface area contributed by atoms with Gasteiger partial charge in [-0.15, -0.1) is 0 Å². The lowest BCUT2D eigenvalue weighted by molar-refractivity contribution is 0.101. The van der Waals surface area contributed by atoms with Gasteiger partial charge in [0.15, 0.2) is 10.9 Å². The number of aliphatic imine (C=N–C) groups is 1. The van der Waals surface area contributed by atoms with E-state index in [-0.39, 0.29) is 5.78 Å². The summed E-state index contributed by atoms with van der Waals surface area (Å²) >= 11 is 5.04. The summed E-state index contributed by atoms with van der Waals surface area (Å²) in [5.74, 6) is 0.0244. The lowest BCUT2D eigenvalue weighted by Gasteiger charge is -2.06. The van der Waals surface area contributed by atoms with Gasteiger partial charge in [-0.3, -0.25) is 4.79 Å². The van der Waals surface area contributed by atoms with Gasteiger partial charge in [-0.25, -0.2) is 4.99 Å². The molecule has 0 spiro atoms. The Hall–Kier alpha value is -1.75. The molecule has 0 amide bonds. The number of benzene rings is 1. The second-order valence-electron chi connectivity index (χ2n) is 3.78. The van der Waals surface area contributed by atoms with Gasteiger partial charge in [0.2, 0.25) is 0 Å². The van der Waals surface area contributed by atoms with Crippen molar-refractivity contribution in [3.8, 4) is 0 Å². The maximum Gasteiger partial charge on any atom is 0.198 e. The number of carbonyl (C=O) groups is 1. The van der Waals surface area contributed by atoms with Gasteiger partial charge in [-0.1, -0.05) is 12.1 Å². The maximum atomic E-state index is 11.2. The zero-order valence-corrected chi connectivity index (χ0v) is 10.9. The van der Waals surface area contributed by atoms with Crippen LogP contribution in [0.4, 0.5) is 5.69 Å². The van der Waals surface area contributed by atoms with Crippen LogP contribution in [-0.4, -0.2) is 36.2 Å². The third-order valence-corrected chi connectivity index (χ3v) is 2.13. The van der Waals surface area contributed by atoms with Crippen LogP contribution in [0.2, 0.25) is 0 Å². The van der Waals surface area contributed by atoms with Gasteiger partial charge in [-0.05, 0) is 31.3 Å². The predicted molar refractivity (Wildman–Crippen MR) is 74.8 cm³/mol. The first kappa shape index (κ1) is 13.3. The first-order valence-electron chi connectivity index (χ1n) is 5.11. The zero-order chi connectivity index (χ0) is 12.8. The lowest BCUT2D eigenvalue weighted by atomic mass is 10.1. The number of anilines is 1. The van der Waals surface area contributed by atoms with Crippen molar-refractivity contribution in [1.29, 1.82) is 0 Å². The van der Waals surface area contributed by atoms with Crippen molar-refractivity contribution >= 4 is 35.1 Å². The third-order valence-electron chi connectivity index (χ3n) is 1.93. The van der Waals surface area contributed by atoms with Crippen LogP contribution >= 0.6 is 12.2 Å². The number of hydrogen-bond donors (Lipinski definition) is 1. The van der Waals surface area contributed by atoms with Crippen molar-refractivity contribution in [2.45, 2.75) is 6.92 Å². The van der Waals surface area contributed by atoms with Crippen molar-refractivity contribution < 1.29 is 4.79 Å². The van der Waals surface area contributed by atoms with Crippen LogP contribution in [0.5, 0.6) is 0 Å². The molecule has 1 aromatic carbocycles. The molecule has 17 heavy (non-hydrogen) atoms. The van der Waals surface area contributed by atoms with Crippen molar-refractivity contribution in [3.63, 3.8) is 0 Å². The van der Waals surface area contributed by atoms with Gasteiger partial charge in [0, 0.05) is 25.3 Å². The van der Waals surface area contributed by atoms with Gasteiger partial charge in [-0.2, -0.15) is 0 Å². The zero-order valence-electron chi connectivity index (χ0n) is 10.1. The number of hydrogen-bond acceptors (Lipinski definition) is 2. The molecule has 0 aliphatic heterocycles. The monoisotopic (exact) mass is 249 g/mol. The van der Waals surface area contributed by atoms with E-state index < -0.39 is 0 Å². The van der Waals surface area contributed by atoms with Crippen LogP contribution in [0.1, 0.15) is 17.3 Å². The molecule has 0 bridgehead atoms. The van der Waals surface area contributed by atoms with Gasteiger partial charge in [0.05, 0.1) is 6.34 Å². The molecule has 0 aliphatic rings. The maximum absolute atomic E-state index is 11.2. The molecule has 0 fully saturated rings. The summed E-state index contributed by atoms with van der Waals surface area (Å²) in [6.45, 7) is 1.53. The second-order valence-corrected chi connectivity index (χ2v) is 4.16. The number of Topliss-reactive ketones (excluding diaryl/α,β-unsaturated/α-hetero) is 1. The fraction of sp³-hybridized carbons (Fsp3) is 0.250. The quantitative estimate of drug-likeness (QED) is 0.386. The van der Waals surface area contributed by atoms with E-state index in [4.69, 9.17) is 12.2 Å². The molecule has 0 aromatic heterocycles. The topological polar surface area (TPSA) is 44.7 Å². The number of ketones is 1. The summed E-state index contributed by atoms with van der Waals surface area (Å²) in [5, 5.41) is 3.31. The van der Waals surface area contributed by atoms with E-state index in [2.05, 4.69) is 10.3 Å². The Kier molecular flexibility index (Phi) is 4.78. The standard InChI is InChI=1S/C12H15N3OS/c1-9(16)10-5-4-6-11(7-10)14-12(17)13-8-15(2)3/h4-8H,1-3H3,(H,14,17). The molecule has 0 saturated heterocycles. The van der Waals surface area contributed by atoms with Crippen LogP contribution in [-0.2, 0) is 0 Å². The molecule has 0 atom stereocenters. The fourth-order valence-electron chi connectivity index (χ4n) is 1.14. The molecule has 0 aliphatic carbocycles. The molecule has 90 valence electrons. The van der Waals surface area contributed by atoms with Crippen LogP contribution in [0, 0.1) is 0 Å². The average molecular weight is 249 g/mol. The average Bonchev–Trinajstić information content (AvgIpc) is 2.26. The largest absolute Gasteiger partial charge is 0.369 e. The van der Waals surface area contributed by atoms with Crippen LogP contribution in [0.3, 0.4) is 0 Å². The smallest absolute Gasteiger partial charge is 0.198 e. The highest BCUT2D eigenvalue weighted by Crippen LogP contribution is 2.11. The van der Waals surface area contributed by atoms with E-state index in [9.17, 15) is 4.79 Å². The van der Waals surface area contributed by atoms with Crippen molar-refractivity contribution in [1.82, 2.24) is 4.90 Å². The second kappa shape index (κ2) is 6.10. The van der Waals surface area contributed by atoms with Gasteiger partial charge in [0.25, 0.3) is 0 Å². The summed E-state index contributed by atoms with van der Waals surface area (Å²) < 4.78 is 0. The first-order chi connectivity index (χ1) is 7.99. The molecule has 0 heterocycles. The Morgan fingerprint density at radius 1 is 1.47 bits per heavy atom. The van der Waals surface area contributed by atoms with Crippen LogP contribution in [0.25, 0.3) is 0 Å². The van der Waals surface area contributed by atoms with E-state index in [1.165, 1.54) is 6.92 Å². The molecule has 0 radical (unpaired) electrons. The summed E-state index contributed by atoms with van der Waals surface area (Å²) in [5.41, 5.74) is 1.41. The molecular weight excluding hydrogens is 234 g/mol. The number of thiocarbonyl (C=S) groups is 1. The summed E-state index contributed by atoms with van der Waals surface area (Å²) in [6.07, 6.45) is 1.62. The molecule has 1 N–H and O–H groups in total. The van der Waals surface area contributed by atoms with Crippen molar-refractivity contribution in [3.05, 3.63) is 29.8 Å². The van der Waals surface area contributed by atoms with Crippen LogP contribution < -0.4 is 5.32 Å². The Bertz CT molecular complexity index is 455. The van der Waals surface area contributed by atoms with E-state index in [1.807, 2.05) is 20.2 Å². The minimum Gasteiger partial charge on any atom is -0.369 e. The lowest BCUT2D eigenvalue weighted by Crippen LogP contribution is -2.13. The van der Waals surface area contributed by atoms with E-state index in [0.717, 1.165) is 5.69 Å². The SMILES string of the molecule is CC(=O)c1cccc(NC(=S)N=CN(C)C)c1. The minimum absolute atomic E-state index is 0.0244. The summed E-state index contributed by atoms with van der Waals surface area (Å²) in [6, 6.07) is 7.15. The Balaban J connectivity index is 2.72. The predicted octanol–water partition coefficient (Wildman–Crippen LogP) is 2.18. The Morgan fingerprint density at radius 3 is 2.76 bits per heavy atom. The van der Waals surface area contributed by atoms with Gasteiger partial charge >= 0.3 is 0 Å². The highest BCUT2D eigenvalue weighted by Gasteiger charge is 2.01. The molecular formula is C12H15N3OS. The fourth-order valence-corrected chi connectivity index (χ4v) is 1.30. The summed E-state index contributed by atoms with van der Waals surface area (Å²) in [4.78, 5) is 17.0. The van der Waals surface area contributed by atoms with Crippen molar-refractivity contribution in [2.24, 2.45) is 4.99 Å². The molecule has 1 rings (SSSR count). The Morgan fingerprint density at radius 2 is 2.18 bits per heavy atom. The number of carbonyl (C=O) groups excluding carboxylic acids is 1. The number of nitrogens with zero attached hydrogens (tertiary/aromatic N) is 2. The number of rotatable bonds is 3. The molecule has 5 heteroatoms. The normalized spacial score (nSPS) is 10.3. The first-order valence-corrected chi connectivity index (χ1v) is 5.52. The molecule has 0 unspecified atom stereocenters. The molecule has 1 aromatic rings. The van der Waals surface area contributed by atoms with E-state index >= 15 is 0 Å².